The first kappa shape index (κ1) is 17.4. The number of amides is 1. The number of aryl methyl sites for hydroxylation is 2. The lowest BCUT2D eigenvalue weighted by Gasteiger charge is -2.16. The van der Waals surface area contributed by atoms with E-state index in [4.69, 9.17) is 4.52 Å². The molecule has 0 bridgehead atoms. The minimum absolute atomic E-state index is 0.0534. The van der Waals surface area contributed by atoms with Gasteiger partial charge < -0.3 is 9.84 Å². The molecular weight excluding hydrogens is 354 g/mol. The zero-order valence-corrected chi connectivity index (χ0v) is 16.5. The molecule has 2 saturated carbocycles. The van der Waals surface area contributed by atoms with E-state index in [2.05, 4.69) is 20.6 Å². The maximum atomic E-state index is 13.2. The molecule has 5 rings (SSSR count). The van der Waals surface area contributed by atoms with Crippen molar-refractivity contribution in [3.05, 3.63) is 40.5 Å². The van der Waals surface area contributed by atoms with E-state index >= 15 is 0 Å². The smallest absolute Gasteiger partial charge is 0.259 e. The zero-order valence-electron chi connectivity index (χ0n) is 16.5. The predicted octanol–water partition coefficient (Wildman–Crippen LogP) is 3.61. The number of carbonyl (C=O) groups is 1. The average molecular weight is 379 g/mol. The second kappa shape index (κ2) is 6.43. The van der Waals surface area contributed by atoms with Crippen molar-refractivity contribution in [3.63, 3.8) is 0 Å². The van der Waals surface area contributed by atoms with Gasteiger partial charge in [-0.25, -0.2) is 4.98 Å². The Labute approximate surface area is 163 Å². The molecule has 2 aliphatic rings. The molecule has 0 spiro atoms. The third-order valence-electron chi connectivity index (χ3n) is 5.62. The first-order valence-corrected chi connectivity index (χ1v) is 10.1. The quantitative estimate of drug-likeness (QED) is 0.707. The molecular formula is C21H25N5O2. The summed E-state index contributed by atoms with van der Waals surface area (Å²) in [5.41, 5.74) is 5.07. The summed E-state index contributed by atoms with van der Waals surface area (Å²) < 4.78 is 7.46. The summed E-state index contributed by atoms with van der Waals surface area (Å²) in [5, 5.41) is 12.7. The standard InChI is InChI=1S/C21H25N5O2/c1-11-8-13(3)26(24-11)10-12(2)22-20(27)16-9-17(14-4-5-14)23-21-18(16)19(25-28-21)15-6-7-15/h8-9,12,14-15H,4-7,10H2,1-3H3,(H,22,27). The highest BCUT2D eigenvalue weighted by atomic mass is 16.5. The van der Waals surface area contributed by atoms with Gasteiger partial charge in [0.1, 0.15) is 0 Å². The lowest BCUT2D eigenvalue weighted by Crippen LogP contribution is -2.36. The lowest BCUT2D eigenvalue weighted by molar-refractivity contribution is 0.0937. The first-order chi connectivity index (χ1) is 13.5. The number of aromatic nitrogens is 4. The van der Waals surface area contributed by atoms with Gasteiger partial charge in [-0.05, 0) is 58.6 Å². The van der Waals surface area contributed by atoms with Crippen LogP contribution in [0.1, 0.15) is 77.6 Å². The summed E-state index contributed by atoms with van der Waals surface area (Å²) in [6, 6.07) is 3.94. The number of carbonyl (C=O) groups excluding carboxylic acids is 1. The van der Waals surface area contributed by atoms with Crippen molar-refractivity contribution in [2.45, 2.75) is 70.9 Å². The van der Waals surface area contributed by atoms with Gasteiger partial charge in [0.05, 0.1) is 28.9 Å². The van der Waals surface area contributed by atoms with Gasteiger partial charge in [0, 0.05) is 29.3 Å². The van der Waals surface area contributed by atoms with Crippen LogP contribution in [0.3, 0.4) is 0 Å². The Bertz CT molecular complexity index is 1060. The molecule has 1 N–H and O–H groups in total. The maximum absolute atomic E-state index is 13.2. The van der Waals surface area contributed by atoms with Gasteiger partial charge >= 0.3 is 0 Å². The Balaban J connectivity index is 1.44. The fourth-order valence-corrected chi connectivity index (χ4v) is 3.86. The van der Waals surface area contributed by atoms with Gasteiger partial charge in [0.15, 0.2) is 0 Å². The van der Waals surface area contributed by atoms with Crippen LogP contribution in [0.2, 0.25) is 0 Å². The van der Waals surface area contributed by atoms with Gasteiger partial charge in [-0.1, -0.05) is 5.16 Å². The molecule has 7 nitrogen and oxygen atoms in total. The monoisotopic (exact) mass is 379 g/mol. The summed E-state index contributed by atoms with van der Waals surface area (Å²) in [7, 11) is 0. The minimum atomic E-state index is -0.0894. The molecule has 3 aromatic heterocycles. The molecule has 2 aliphatic carbocycles. The van der Waals surface area contributed by atoms with E-state index in [-0.39, 0.29) is 11.9 Å². The van der Waals surface area contributed by atoms with E-state index in [1.54, 1.807) is 0 Å². The highest BCUT2D eigenvalue weighted by Crippen LogP contribution is 2.45. The van der Waals surface area contributed by atoms with Crippen LogP contribution in [-0.4, -0.2) is 31.9 Å². The van der Waals surface area contributed by atoms with E-state index in [9.17, 15) is 4.79 Å². The van der Waals surface area contributed by atoms with Crippen LogP contribution in [0, 0.1) is 13.8 Å². The van der Waals surface area contributed by atoms with Crippen molar-refractivity contribution < 1.29 is 9.32 Å². The Kier molecular flexibility index (Phi) is 4.00. The number of hydrogen-bond donors (Lipinski definition) is 1. The number of hydrogen-bond acceptors (Lipinski definition) is 5. The highest BCUT2D eigenvalue weighted by molar-refractivity contribution is 6.06. The first-order valence-electron chi connectivity index (χ1n) is 10.1. The van der Waals surface area contributed by atoms with Gasteiger partial charge in [-0.15, -0.1) is 0 Å². The number of nitrogens with one attached hydrogen (secondary N) is 1. The van der Waals surface area contributed by atoms with Crippen LogP contribution >= 0.6 is 0 Å². The molecule has 0 aromatic carbocycles. The number of pyridine rings is 1. The Hall–Kier alpha value is -2.70. The summed E-state index contributed by atoms with van der Waals surface area (Å²) in [6.07, 6.45) is 4.44. The van der Waals surface area contributed by atoms with Gasteiger partial charge in [-0.3, -0.25) is 9.48 Å². The molecule has 3 heterocycles. The second-order valence-electron chi connectivity index (χ2n) is 8.37. The molecule has 0 aliphatic heterocycles. The number of rotatable bonds is 6. The molecule has 1 atom stereocenters. The normalized spacial score (nSPS) is 17.8. The molecule has 3 aromatic rings. The van der Waals surface area contributed by atoms with Crippen LogP contribution in [0.25, 0.3) is 11.1 Å². The third kappa shape index (κ3) is 3.19. The lowest BCUT2D eigenvalue weighted by atomic mass is 10.0. The maximum Gasteiger partial charge on any atom is 0.259 e. The van der Waals surface area contributed by atoms with Crippen LogP contribution in [-0.2, 0) is 6.54 Å². The summed E-state index contributed by atoms with van der Waals surface area (Å²) in [5.74, 6) is 0.750. The molecule has 0 radical (unpaired) electrons. The van der Waals surface area contributed by atoms with Crippen LogP contribution in [0.15, 0.2) is 16.7 Å². The van der Waals surface area contributed by atoms with E-state index in [1.165, 1.54) is 0 Å². The third-order valence-corrected chi connectivity index (χ3v) is 5.62. The average Bonchev–Trinajstić information content (AvgIpc) is 3.57. The van der Waals surface area contributed by atoms with Crippen LogP contribution in [0.4, 0.5) is 0 Å². The zero-order chi connectivity index (χ0) is 19.4. The molecule has 146 valence electrons. The van der Waals surface area contributed by atoms with Crippen molar-refractivity contribution in [2.24, 2.45) is 0 Å². The van der Waals surface area contributed by atoms with Crippen molar-refractivity contribution >= 4 is 17.0 Å². The summed E-state index contributed by atoms with van der Waals surface area (Å²) in [6.45, 7) is 6.64. The summed E-state index contributed by atoms with van der Waals surface area (Å²) >= 11 is 0. The second-order valence-corrected chi connectivity index (χ2v) is 8.37. The fourth-order valence-electron chi connectivity index (χ4n) is 3.86. The number of fused-ring (bicyclic) bond motifs is 1. The predicted molar refractivity (Wildman–Crippen MR) is 104 cm³/mol. The van der Waals surface area contributed by atoms with E-state index in [0.717, 1.165) is 53.8 Å². The van der Waals surface area contributed by atoms with Crippen LogP contribution in [0.5, 0.6) is 0 Å². The topological polar surface area (TPSA) is 85.8 Å². The molecule has 28 heavy (non-hydrogen) atoms. The van der Waals surface area contributed by atoms with Gasteiger partial charge in [0.2, 0.25) is 0 Å². The van der Waals surface area contributed by atoms with Crippen molar-refractivity contribution in [1.82, 2.24) is 25.2 Å². The Morgan fingerprint density at radius 1 is 1.25 bits per heavy atom. The van der Waals surface area contributed by atoms with Gasteiger partial charge in [-0.2, -0.15) is 5.10 Å². The van der Waals surface area contributed by atoms with E-state index in [1.807, 2.05) is 37.6 Å². The van der Waals surface area contributed by atoms with E-state index < -0.39 is 0 Å². The summed E-state index contributed by atoms with van der Waals surface area (Å²) in [4.78, 5) is 17.8. The molecule has 7 heteroatoms. The SMILES string of the molecule is Cc1cc(C)n(CC(C)NC(=O)c2cc(C3CC3)nc3onc(C4CC4)c23)n1. The Morgan fingerprint density at radius 2 is 2.00 bits per heavy atom. The highest BCUT2D eigenvalue weighted by Gasteiger charge is 2.34. The van der Waals surface area contributed by atoms with Crippen molar-refractivity contribution in [1.29, 1.82) is 0 Å². The van der Waals surface area contributed by atoms with Crippen LogP contribution < -0.4 is 5.32 Å². The molecule has 1 amide bonds. The fraction of sp³-hybridized carbons (Fsp3) is 0.524. The minimum Gasteiger partial charge on any atom is -0.348 e. The number of nitrogens with zero attached hydrogens (tertiary/aromatic N) is 4. The largest absolute Gasteiger partial charge is 0.348 e. The molecule has 0 saturated heterocycles. The van der Waals surface area contributed by atoms with E-state index in [0.29, 0.717) is 29.7 Å². The Morgan fingerprint density at radius 3 is 2.64 bits per heavy atom. The van der Waals surface area contributed by atoms with Crippen molar-refractivity contribution in [2.75, 3.05) is 0 Å². The van der Waals surface area contributed by atoms with Gasteiger partial charge in [0.25, 0.3) is 11.6 Å². The molecule has 1 unspecified atom stereocenters. The van der Waals surface area contributed by atoms with Crippen molar-refractivity contribution in [3.8, 4) is 0 Å². The molecule has 2 fully saturated rings.